The monoisotopic (exact) mass is 194 g/mol. The first-order chi connectivity index (χ1) is 6.06. The molecule has 0 atom stereocenters. The lowest BCUT2D eigenvalue weighted by Gasteiger charge is -2.32. The molecule has 7 heteroatoms. The second-order valence-corrected chi connectivity index (χ2v) is 2.51. The quantitative estimate of drug-likeness (QED) is 0.429. The predicted molar refractivity (Wildman–Crippen MR) is 44.5 cm³/mol. The van der Waals surface area contributed by atoms with Crippen LogP contribution in [0.15, 0.2) is 0 Å². The summed E-state index contributed by atoms with van der Waals surface area (Å²) in [5.74, 6) is 0. The van der Waals surface area contributed by atoms with Crippen molar-refractivity contribution in [2.45, 2.75) is 20.0 Å². The van der Waals surface area contributed by atoms with Crippen LogP contribution >= 0.6 is 0 Å². The highest BCUT2D eigenvalue weighted by atomic mass is 17.3. The first-order valence-electron chi connectivity index (χ1n) is 3.83. The molecule has 0 heterocycles. The minimum atomic E-state index is -0.207. The number of hydrogen-bond acceptors (Lipinski definition) is 7. The Balaban J connectivity index is 3.40. The number of rotatable bonds is 7. The van der Waals surface area contributed by atoms with Crippen molar-refractivity contribution >= 4 is 0 Å². The molecule has 0 aliphatic heterocycles. The van der Waals surface area contributed by atoms with Crippen LogP contribution in [0, 0.1) is 10.4 Å². The molecule has 0 aliphatic carbocycles. The van der Waals surface area contributed by atoms with E-state index in [-0.39, 0.29) is 24.4 Å². The molecule has 80 valence electrons. The fourth-order valence-corrected chi connectivity index (χ4v) is 0.572. The van der Waals surface area contributed by atoms with Crippen molar-refractivity contribution in [3.05, 3.63) is 10.4 Å². The molecule has 0 amide bonds. The van der Waals surface area contributed by atoms with Gasteiger partial charge in [0.15, 0.2) is 0 Å². The van der Waals surface area contributed by atoms with Gasteiger partial charge in [0, 0.05) is 13.1 Å². The van der Waals surface area contributed by atoms with Gasteiger partial charge < -0.3 is 15.3 Å². The molecule has 0 fully saturated rings. The molecule has 0 saturated heterocycles. The zero-order valence-electron chi connectivity index (χ0n) is 7.93. The van der Waals surface area contributed by atoms with Crippen LogP contribution in [0.25, 0.3) is 0 Å². The Morgan fingerprint density at radius 1 is 1.15 bits per heavy atom. The molecule has 0 radical (unpaired) electrons. The Morgan fingerprint density at radius 3 is 2.15 bits per heavy atom. The van der Waals surface area contributed by atoms with Crippen LogP contribution in [-0.2, 0) is 14.7 Å². The molecule has 0 N–H and O–H groups in total. The third-order valence-electron chi connectivity index (χ3n) is 0.951. The zero-order valence-corrected chi connectivity index (χ0v) is 7.93. The van der Waals surface area contributed by atoms with E-state index in [1.54, 1.807) is 13.8 Å². The lowest BCUT2D eigenvalue weighted by atomic mass is 10.5. The summed E-state index contributed by atoms with van der Waals surface area (Å²) in [6, 6.07) is 0. The van der Waals surface area contributed by atoms with Crippen molar-refractivity contribution in [2.24, 2.45) is 0 Å². The van der Waals surface area contributed by atoms with Crippen molar-refractivity contribution in [1.82, 2.24) is 10.5 Å². The summed E-state index contributed by atoms with van der Waals surface area (Å²) in [4.78, 5) is 12.8. The zero-order chi connectivity index (χ0) is 10.3. The van der Waals surface area contributed by atoms with Gasteiger partial charge in [0.05, 0.1) is 13.2 Å². The molecule has 0 bridgehead atoms. The van der Waals surface area contributed by atoms with E-state index in [1.165, 1.54) is 7.11 Å². The van der Waals surface area contributed by atoms with Crippen molar-refractivity contribution in [2.75, 3.05) is 20.2 Å². The van der Waals surface area contributed by atoms with E-state index in [0.29, 0.717) is 5.23 Å². The van der Waals surface area contributed by atoms with Gasteiger partial charge in [-0.05, 0) is 13.8 Å². The summed E-state index contributed by atoms with van der Waals surface area (Å²) in [6.07, 6.45) is -0.207. The van der Waals surface area contributed by atoms with Gasteiger partial charge in [-0.15, -0.1) is 0 Å². The average molecular weight is 194 g/mol. The lowest BCUT2D eigenvalue weighted by molar-refractivity contribution is -0.397. The molecule has 0 aliphatic rings. The Bertz CT molecular complexity index is 124. The van der Waals surface area contributed by atoms with Crippen LogP contribution in [0.3, 0.4) is 0 Å². The van der Waals surface area contributed by atoms with E-state index >= 15 is 0 Å². The van der Waals surface area contributed by atoms with Crippen LogP contribution in [0.1, 0.15) is 13.8 Å². The van der Waals surface area contributed by atoms with Crippen molar-refractivity contribution in [3.63, 3.8) is 0 Å². The molecule has 0 unspecified atom stereocenters. The standard InChI is InChI=1S/C6H14N2O5/c1-6(2)12-7(9)4-5-8(10)13-11-3/h6H,4-5H2,1-3H3/q-2. The molecular weight excluding hydrogens is 180 g/mol. The maximum absolute atomic E-state index is 10.8. The van der Waals surface area contributed by atoms with Crippen molar-refractivity contribution < 1.29 is 14.7 Å². The number of hydroxylamine groups is 4. The fraction of sp³-hybridized carbons (Fsp3) is 1.00. The molecular formula is C6H14N2O5-2. The van der Waals surface area contributed by atoms with E-state index in [9.17, 15) is 10.4 Å². The molecule has 0 aromatic carbocycles. The number of hydrogen-bond donors (Lipinski definition) is 0. The lowest BCUT2D eigenvalue weighted by Crippen LogP contribution is -2.30. The van der Waals surface area contributed by atoms with Gasteiger partial charge in [-0.1, -0.05) is 0 Å². The van der Waals surface area contributed by atoms with E-state index < -0.39 is 0 Å². The third-order valence-corrected chi connectivity index (χ3v) is 0.951. The summed E-state index contributed by atoms with van der Waals surface area (Å²) in [7, 11) is 1.20. The molecule has 0 saturated carbocycles. The van der Waals surface area contributed by atoms with Crippen LogP contribution in [0.5, 0.6) is 0 Å². The molecule has 0 rings (SSSR count). The maximum atomic E-state index is 10.8. The minimum Gasteiger partial charge on any atom is -0.762 e. The second-order valence-electron chi connectivity index (χ2n) is 2.51. The molecule has 0 aromatic heterocycles. The molecule has 0 spiro atoms. The van der Waals surface area contributed by atoms with Crippen LogP contribution in [0.2, 0.25) is 0 Å². The van der Waals surface area contributed by atoms with Crippen LogP contribution < -0.4 is 0 Å². The predicted octanol–water partition coefficient (Wildman–Crippen LogP) is 0.419. The van der Waals surface area contributed by atoms with Gasteiger partial charge in [-0.3, -0.25) is 5.23 Å². The first kappa shape index (κ1) is 12.7. The summed E-state index contributed by atoms with van der Waals surface area (Å²) in [5, 5.41) is 21.9. The average Bonchev–Trinajstić information content (AvgIpc) is 2.00. The van der Waals surface area contributed by atoms with Gasteiger partial charge in [0.25, 0.3) is 0 Å². The van der Waals surface area contributed by atoms with E-state index in [2.05, 4.69) is 9.88 Å². The van der Waals surface area contributed by atoms with Crippen LogP contribution in [0.4, 0.5) is 0 Å². The summed E-state index contributed by atoms with van der Waals surface area (Å²) in [5.41, 5.74) is 0. The van der Waals surface area contributed by atoms with Gasteiger partial charge in [-0.2, -0.15) is 4.99 Å². The highest BCUT2D eigenvalue weighted by molar-refractivity contribution is 4.50. The summed E-state index contributed by atoms with van der Waals surface area (Å²) >= 11 is 0. The Morgan fingerprint density at radius 2 is 1.69 bits per heavy atom. The number of nitrogens with zero attached hydrogens (tertiary/aromatic N) is 2. The Labute approximate surface area is 76.8 Å². The third kappa shape index (κ3) is 8.06. The van der Waals surface area contributed by atoms with E-state index in [0.717, 1.165) is 0 Å². The molecule has 13 heavy (non-hydrogen) atoms. The summed E-state index contributed by atoms with van der Waals surface area (Å²) < 4.78 is 0. The summed E-state index contributed by atoms with van der Waals surface area (Å²) in [6.45, 7) is 3.17. The fourth-order valence-electron chi connectivity index (χ4n) is 0.572. The molecule has 0 aromatic rings. The highest BCUT2D eigenvalue weighted by Crippen LogP contribution is 1.95. The minimum absolute atomic E-state index is 0.106. The van der Waals surface area contributed by atoms with Crippen molar-refractivity contribution in [3.8, 4) is 0 Å². The van der Waals surface area contributed by atoms with Crippen LogP contribution in [-0.4, -0.2) is 36.8 Å². The largest absolute Gasteiger partial charge is 0.762 e. The maximum Gasteiger partial charge on any atom is 0.0732 e. The van der Waals surface area contributed by atoms with Crippen molar-refractivity contribution in [1.29, 1.82) is 0 Å². The topological polar surface area (TPSA) is 80.3 Å². The van der Waals surface area contributed by atoms with Gasteiger partial charge in [0.1, 0.15) is 0 Å². The van der Waals surface area contributed by atoms with Gasteiger partial charge in [0.2, 0.25) is 0 Å². The first-order valence-corrected chi connectivity index (χ1v) is 3.83. The SMILES string of the molecule is COON([O-])CCN([O-])OC(C)C. The van der Waals surface area contributed by atoms with Gasteiger partial charge in [-0.25, -0.2) is 10.1 Å². The second kappa shape index (κ2) is 7.15. The van der Waals surface area contributed by atoms with Gasteiger partial charge >= 0.3 is 0 Å². The van der Waals surface area contributed by atoms with E-state index in [1.807, 2.05) is 0 Å². The normalized spacial score (nSPS) is 12.0. The van der Waals surface area contributed by atoms with E-state index in [4.69, 9.17) is 4.84 Å². The Hall–Kier alpha value is -0.280. The highest BCUT2D eigenvalue weighted by Gasteiger charge is 1.97. The molecule has 7 nitrogen and oxygen atoms in total. The smallest absolute Gasteiger partial charge is 0.0732 e. The Kier molecular flexibility index (Phi) is 7.00.